The van der Waals surface area contributed by atoms with Crippen LogP contribution >= 0.6 is 11.8 Å². The number of hydrogen-bond donors (Lipinski definition) is 0. The van der Waals surface area contributed by atoms with Crippen molar-refractivity contribution in [3.8, 4) is 5.75 Å². The van der Waals surface area contributed by atoms with Gasteiger partial charge in [0, 0.05) is 16.2 Å². The molecule has 0 saturated heterocycles. The van der Waals surface area contributed by atoms with Crippen LogP contribution in [0.2, 0.25) is 0 Å². The molecule has 0 amide bonds. The Morgan fingerprint density at radius 3 is 2.35 bits per heavy atom. The Kier molecular flexibility index (Phi) is 5.24. The van der Waals surface area contributed by atoms with Crippen molar-refractivity contribution in [2.75, 3.05) is 12.4 Å². The molecule has 0 heterocycles. The first-order valence-corrected chi connectivity index (χ1v) is 7.56. The van der Waals surface area contributed by atoms with Gasteiger partial charge in [0.15, 0.2) is 0 Å². The Hall–Kier alpha value is -1.74. The summed E-state index contributed by atoms with van der Waals surface area (Å²) in [7, 11) is 0. The van der Waals surface area contributed by atoms with Gasteiger partial charge in [0.25, 0.3) is 0 Å². The molecule has 3 heteroatoms. The lowest BCUT2D eigenvalue weighted by molar-refractivity contribution is 0.112. The van der Waals surface area contributed by atoms with Gasteiger partial charge in [-0.05, 0) is 49.2 Å². The summed E-state index contributed by atoms with van der Waals surface area (Å²) >= 11 is 1.78. The lowest BCUT2D eigenvalue weighted by Crippen LogP contribution is -2.03. The van der Waals surface area contributed by atoms with Gasteiger partial charge in [0.2, 0.25) is 0 Å². The fourth-order valence-corrected chi connectivity index (χ4v) is 2.85. The lowest BCUT2D eigenvalue weighted by Gasteiger charge is -2.12. The standard InChI is InChI=1S/C17H18O2S/c1-13-10-15(12-18)11-14(2)17(13)19-8-9-20-16-6-4-3-5-7-16/h3-7,10-12H,8-9H2,1-2H3. The number of ether oxygens (including phenoxy) is 1. The maximum atomic E-state index is 10.8. The minimum atomic E-state index is 0.654. The summed E-state index contributed by atoms with van der Waals surface area (Å²) in [6.45, 7) is 4.60. The second-order valence-corrected chi connectivity index (χ2v) is 5.78. The molecule has 20 heavy (non-hydrogen) atoms. The number of carbonyl (C=O) groups excluding carboxylic acids is 1. The van der Waals surface area contributed by atoms with Crippen LogP contribution in [0.5, 0.6) is 5.75 Å². The van der Waals surface area contributed by atoms with E-state index in [9.17, 15) is 4.79 Å². The quantitative estimate of drug-likeness (QED) is 0.450. The molecule has 2 nitrogen and oxygen atoms in total. The molecule has 104 valence electrons. The van der Waals surface area contributed by atoms with Crippen molar-refractivity contribution in [3.63, 3.8) is 0 Å². The van der Waals surface area contributed by atoms with E-state index in [0.717, 1.165) is 28.9 Å². The zero-order valence-corrected chi connectivity index (χ0v) is 12.6. The van der Waals surface area contributed by atoms with Crippen LogP contribution in [0.1, 0.15) is 21.5 Å². The molecule has 0 bridgehead atoms. The Bertz CT molecular complexity index is 556. The molecular weight excluding hydrogens is 268 g/mol. The van der Waals surface area contributed by atoms with Crippen LogP contribution < -0.4 is 4.74 Å². The summed E-state index contributed by atoms with van der Waals surface area (Å²) in [4.78, 5) is 12.0. The number of carbonyl (C=O) groups is 1. The lowest BCUT2D eigenvalue weighted by atomic mass is 10.1. The van der Waals surface area contributed by atoms with Crippen molar-refractivity contribution >= 4 is 18.0 Å². The topological polar surface area (TPSA) is 26.3 Å². The van der Waals surface area contributed by atoms with E-state index in [2.05, 4.69) is 12.1 Å². The summed E-state index contributed by atoms with van der Waals surface area (Å²) in [5.41, 5.74) is 2.72. The maximum Gasteiger partial charge on any atom is 0.150 e. The minimum absolute atomic E-state index is 0.654. The minimum Gasteiger partial charge on any atom is -0.492 e. The molecule has 0 unspecified atom stereocenters. The number of benzene rings is 2. The van der Waals surface area contributed by atoms with E-state index in [1.54, 1.807) is 11.8 Å². The molecule has 0 spiro atoms. The summed E-state index contributed by atoms with van der Waals surface area (Å²) in [5, 5.41) is 0. The maximum absolute atomic E-state index is 10.8. The van der Waals surface area contributed by atoms with Crippen LogP contribution in [-0.2, 0) is 0 Å². The first kappa shape index (κ1) is 14.7. The average molecular weight is 286 g/mol. The molecule has 0 aliphatic rings. The normalized spacial score (nSPS) is 10.3. The Labute approximate surface area is 124 Å². The summed E-state index contributed by atoms with van der Waals surface area (Å²) in [6, 6.07) is 14.0. The summed E-state index contributed by atoms with van der Waals surface area (Å²) in [5.74, 6) is 1.79. The van der Waals surface area contributed by atoms with Crippen LogP contribution in [0.25, 0.3) is 0 Å². The van der Waals surface area contributed by atoms with Crippen LogP contribution in [0.4, 0.5) is 0 Å². The van der Waals surface area contributed by atoms with E-state index in [1.165, 1.54) is 4.90 Å². The molecule has 0 saturated carbocycles. The van der Waals surface area contributed by atoms with Crippen LogP contribution in [0.15, 0.2) is 47.4 Å². The highest BCUT2D eigenvalue weighted by molar-refractivity contribution is 7.99. The average Bonchev–Trinajstić information content (AvgIpc) is 2.46. The third kappa shape index (κ3) is 3.87. The molecule has 0 aliphatic heterocycles. The van der Waals surface area contributed by atoms with Gasteiger partial charge in [-0.1, -0.05) is 18.2 Å². The zero-order chi connectivity index (χ0) is 14.4. The fraction of sp³-hybridized carbons (Fsp3) is 0.235. The zero-order valence-electron chi connectivity index (χ0n) is 11.8. The second kappa shape index (κ2) is 7.15. The molecule has 2 aromatic rings. The van der Waals surface area contributed by atoms with Crippen molar-refractivity contribution in [3.05, 3.63) is 59.2 Å². The Balaban J connectivity index is 1.90. The molecule has 2 rings (SSSR count). The monoisotopic (exact) mass is 286 g/mol. The number of aldehydes is 1. The molecule has 0 N–H and O–H groups in total. The second-order valence-electron chi connectivity index (χ2n) is 4.61. The molecule has 0 aromatic heterocycles. The molecule has 0 fully saturated rings. The van der Waals surface area contributed by atoms with Crippen molar-refractivity contribution in [2.45, 2.75) is 18.7 Å². The van der Waals surface area contributed by atoms with E-state index in [0.29, 0.717) is 12.2 Å². The Morgan fingerprint density at radius 2 is 1.75 bits per heavy atom. The van der Waals surface area contributed by atoms with E-state index >= 15 is 0 Å². The van der Waals surface area contributed by atoms with E-state index in [4.69, 9.17) is 4.74 Å². The number of aryl methyl sites for hydroxylation is 2. The van der Waals surface area contributed by atoms with Gasteiger partial charge in [0.05, 0.1) is 6.61 Å². The van der Waals surface area contributed by atoms with E-state index in [1.807, 2.05) is 44.2 Å². The summed E-state index contributed by atoms with van der Waals surface area (Å²) < 4.78 is 5.85. The van der Waals surface area contributed by atoms with Gasteiger partial charge in [-0.15, -0.1) is 11.8 Å². The van der Waals surface area contributed by atoms with Gasteiger partial charge in [-0.2, -0.15) is 0 Å². The highest BCUT2D eigenvalue weighted by Crippen LogP contribution is 2.25. The van der Waals surface area contributed by atoms with E-state index in [-0.39, 0.29) is 0 Å². The van der Waals surface area contributed by atoms with Crippen molar-refractivity contribution in [2.24, 2.45) is 0 Å². The van der Waals surface area contributed by atoms with Crippen molar-refractivity contribution < 1.29 is 9.53 Å². The highest BCUT2D eigenvalue weighted by atomic mass is 32.2. The summed E-state index contributed by atoms with van der Waals surface area (Å²) in [6.07, 6.45) is 0.870. The van der Waals surface area contributed by atoms with Gasteiger partial charge in [0.1, 0.15) is 12.0 Å². The predicted molar refractivity (Wildman–Crippen MR) is 84.0 cm³/mol. The third-order valence-corrected chi connectivity index (χ3v) is 3.94. The van der Waals surface area contributed by atoms with E-state index < -0.39 is 0 Å². The number of rotatable bonds is 6. The van der Waals surface area contributed by atoms with Gasteiger partial charge < -0.3 is 4.74 Å². The number of hydrogen-bond acceptors (Lipinski definition) is 3. The molecule has 0 atom stereocenters. The fourth-order valence-electron chi connectivity index (χ4n) is 2.10. The van der Waals surface area contributed by atoms with Gasteiger partial charge in [-0.3, -0.25) is 4.79 Å². The van der Waals surface area contributed by atoms with Gasteiger partial charge >= 0.3 is 0 Å². The molecule has 0 aliphatic carbocycles. The van der Waals surface area contributed by atoms with Crippen LogP contribution in [-0.4, -0.2) is 18.6 Å². The first-order chi connectivity index (χ1) is 9.70. The van der Waals surface area contributed by atoms with Crippen molar-refractivity contribution in [1.29, 1.82) is 0 Å². The molecule has 0 radical (unpaired) electrons. The Morgan fingerprint density at radius 1 is 1.10 bits per heavy atom. The first-order valence-electron chi connectivity index (χ1n) is 6.58. The van der Waals surface area contributed by atoms with Crippen LogP contribution in [0, 0.1) is 13.8 Å². The highest BCUT2D eigenvalue weighted by Gasteiger charge is 2.06. The third-order valence-electron chi connectivity index (χ3n) is 2.96. The van der Waals surface area contributed by atoms with Crippen molar-refractivity contribution in [1.82, 2.24) is 0 Å². The SMILES string of the molecule is Cc1cc(C=O)cc(C)c1OCCSc1ccccc1. The van der Waals surface area contributed by atoms with Crippen LogP contribution in [0.3, 0.4) is 0 Å². The predicted octanol–water partition coefficient (Wildman–Crippen LogP) is 4.29. The molecular formula is C17H18O2S. The molecule has 2 aromatic carbocycles. The smallest absolute Gasteiger partial charge is 0.150 e. The van der Waals surface area contributed by atoms with Gasteiger partial charge in [-0.25, -0.2) is 0 Å². The largest absolute Gasteiger partial charge is 0.492 e. The number of thioether (sulfide) groups is 1.